The molecule has 196 valence electrons. The van der Waals surface area contributed by atoms with Gasteiger partial charge in [-0.1, -0.05) is 6.07 Å². The lowest BCUT2D eigenvalue weighted by molar-refractivity contribution is -0.123. The van der Waals surface area contributed by atoms with Crippen LogP contribution >= 0.6 is 0 Å². The molecule has 0 unspecified atom stereocenters. The van der Waals surface area contributed by atoms with E-state index in [2.05, 4.69) is 25.4 Å². The van der Waals surface area contributed by atoms with Crippen molar-refractivity contribution in [2.24, 2.45) is 11.7 Å². The Morgan fingerprint density at radius 3 is 2.46 bits per heavy atom. The maximum Gasteiger partial charge on any atom is 0.319 e. The molecule has 0 atom stereocenters. The fraction of sp³-hybridized carbons (Fsp3) is 0.407. The highest BCUT2D eigenvalue weighted by atomic mass is 16.5. The summed E-state index contributed by atoms with van der Waals surface area (Å²) in [5.41, 5.74) is 7.20. The lowest BCUT2D eigenvalue weighted by Crippen LogP contribution is -2.42. The van der Waals surface area contributed by atoms with Crippen LogP contribution in [0.15, 0.2) is 48.5 Å². The van der Waals surface area contributed by atoms with Crippen molar-refractivity contribution in [3.05, 3.63) is 59.8 Å². The molecule has 0 radical (unpaired) electrons. The molecular formula is C27H34N6O4. The fourth-order valence-corrected chi connectivity index (χ4v) is 4.42. The number of anilines is 2. The summed E-state index contributed by atoms with van der Waals surface area (Å²) in [6.07, 6.45) is 4.74. The van der Waals surface area contributed by atoms with Crippen LogP contribution in [0.2, 0.25) is 0 Å². The third-order valence-electron chi connectivity index (χ3n) is 6.63. The van der Waals surface area contributed by atoms with E-state index in [9.17, 15) is 14.4 Å². The topological polar surface area (TPSA) is 130 Å². The number of nitrogens with zero attached hydrogens (tertiary/aromatic N) is 3. The minimum Gasteiger partial charge on any atom is -0.378 e. The zero-order chi connectivity index (χ0) is 26.0. The molecule has 2 aliphatic heterocycles. The van der Waals surface area contributed by atoms with Gasteiger partial charge in [0.15, 0.2) is 5.78 Å². The Balaban J connectivity index is 1.21. The van der Waals surface area contributed by atoms with E-state index in [4.69, 9.17) is 10.5 Å². The summed E-state index contributed by atoms with van der Waals surface area (Å²) in [7, 11) is 0. The molecule has 0 aliphatic carbocycles. The zero-order valence-electron chi connectivity index (χ0n) is 20.9. The Bertz CT molecular complexity index is 1110. The second-order valence-electron chi connectivity index (χ2n) is 9.19. The van der Waals surface area contributed by atoms with Gasteiger partial charge in [0.1, 0.15) is 5.82 Å². The highest BCUT2D eigenvalue weighted by Gasteiger charge is 2.22. The number of pyridine rings is 1. The van der Waals surface area contributed by atoms with E-state index in [1.807, 2.05) is 18.2 Å². The smallest absolute Gasteiger partial charge is 0.319 e. The second-order valence-corrected chi connectivity index (χ2v) is 9.19. The predicted octanol–water partition coefficient (Wildman–Crippen LogP) is 2.13. The minimum atomic E-state index is -0.308. The number of carbonyl (C=O) groups is 3. The number of morpholine rings is 1. The van der Waals surface area contributed by atoms with Gasteiger partial charge in [-0.3, -0.25) is 9.59 Å². The molecule has 37 heavy (non-hydrogen) atoms. The summed E-state index contributed by atoms with van der Waals surface area (Å²) in [5, 5.41) is 5.62. The van der Waals surface area contributed by atoms with E-state index in [1.165, 1.54) is 6.08 Å². The van der Waals surface area contributed by atoms with Crippen LogP contribution < -0.4 is 21.3 Å². The molecule has 1 aromatic heterocycles. The molecule has 2 saturated heterocycles. The third kappa shape index (κ3) is 7.86. The summed E-state index contributed by atoms with van der Waals surface area (Å²) >= 11 is 0. The Morgan fingerprint density at radius 2 is 1.76 bits per heavy atom. The standard InChI is InChI=1S/C27H34N6O4/c28-26(35)21-10-13-32(14-11-21)15-12-29-27(36)31-23-6-4-20(5-7-23)24(34)9-8-22-2-1-3-25(30-22)33-16-18-37-19-17-33/h1-9,21H,10-19H2,(H2,28,35)(H2,29,31,36). The average Bonchev–Trinajstić information content (AvgIpc) is 2.93. The minimum absolute atomic E-state index is 0.0407. The van der Waals surface area contributed by atoms with Crippen LogP contribution in [0.5, 0.6) is 0 Å². The van der Waals surface area contributed by atoms with E-state index in [-0.39, 0.29) is 23.6 Å². The fourth-order valence-electron chi connectivity index (χ4n) is 4.42. The van der Waals surface area contributed by atoms with Crippen LogP contribution in [0.1, 0.15) is 28.9 Å². The van der Waals surface area contributed by atoms with Crippen molar-refractivity contribution in [1.82, 2.24) is 15.2 Å². The summed E-state index contributed by atoms with van der Waals surface area (Å²) < 4.78 is 5.39. The Hall–Kier alpha value is -3.76. The van der Waals surface area contributed by atoms with Crippen LogP contribution in [0.25, 0.3) is 6.08 Å². The lowest BCUT2D eigenvalue weighted by atomic mass is 9.96. The Labute approximate surface area is 216 Å². The van der Waals surface area contributed by atoms with Gasteiger partial charge in [-0.25, -0.2) is 9.78 Å². The van der Waals surface area contributed by atoms with Gasteiger partial charge in [-0.2, -0.15) is 0 Å². The van der Waals surface area contributed by atoms with Gasteiger partial charge in [0.05, 0.1) is 18.9 Å². The quantitative estimate of drug-likeness (QED) is 0.351. The van der Waals surface area contributed by atoms with Gasteiger partial charge in [0.2, 0.25) is 5.91 Å². The normalized spacial score (nSPS) is 17.0. The first-order valence-corrected chi connectivity index (χ1v) is 12.7. The van der Waals surface area contributed by atoms with Crippen LogP contribution in [0.4, 0.5) is 16.3 Å². The first kappa shape index (κ1) is 26.3. The Morgan fingerprint density at radius 1 is 1.03 bits per heavy atom. The number of likely N-dealkylation sites (tertiary alicyclic amines) is 1. The van der Waals surface area contributed by atoms with Crippen molar-refractivity contribution in [2.45, 2.75) is 12.8 Å². The van der Waals surface area contributed by atoms with E-state index in [0.717, 1.165) is 44.8 Å². The number of piperidine rings is 1. The van der Waals surface area contributed by atoms with Gasteiger partial charge in [0.25, 0.3) is 0 Å². The Kier molecular flexibility index (Phi) is 9.23. The molecule has 0 saturated carbocycles. The SMILES string of the molecule is NC(=O)C1CCN(CCNC(=O)Nc2ccc(C(=O)C=Cc3cccc(N4CCOCC4)n3)cc2)CC1. The van der Waals surface area contributed by atoms with Crippen LogP contribution in [0, 0.1) is 5.92 Å². The maximum absolute atomic E-state index is 12.6. The number of hydrogen-bond donors (Lipinski definition) is 3. The molecule has 10 heteroatoms. The van der Waals surface area contributed by atoms with Crippen LogP contribution in [-0.4, -0.2) is 80.1 Å². The highest BCUT2D eigenvalue weighted by molar-refractivity contribution is 6.07. The van der Waals surface area contributed by atoms with Crippen molar-refractivity contribution < 1.29 is 19.1 Å². The number of allylic oxidation sites excluding steroid dienone is 1. The van der Waals surface area contributed by atoms with E-state index in [0.29, 0.717) is 43.2 Å². The molecule has 3 amide bonds. The molecule has 2 aliphatic rings. The number of ether oxygens (including phenoxy) is 1. The van der Waals surface area contributed by atoms with E-state index in [1.54, 1.807) is 30.3 Å². The first-order valence-electron chi connectivity index (χ1n) is 12.7. The average molecular weight is 507 g/mol. The number of nitrogens with two attached hydrogens (primary N) is 1. The number of primary amides is 1. The number of amides is 3. The number of hydrogen-bond acceptors (Lipinski definition) is 7. The summed E-state index contributed by atoms with van der Waals surface area (Å²) in [6, 6.07) is 12.2. The van der Waals surface area contributed by atoms with Gasteiger partial charge in [-0.15, -0.1) is 0 Å². The lowest BCUT2D eigenvalue weighted by Gasteiger charge is -2.30. The largest absolute Gasteiger partial charge is 0.378 e. The molecule has 2 fully saturated rings. The van der Waals surface area contributed by atoms with Crippen LogP contribution in [-0.2, 0) is 9.53 Å². The molecule has 10 nitrogen and oxygen atoms in total. The molecule has 0 spiro atoms. The molecule has 0 bridgehead atoms. The van der Waals surface area contributed by atoms with Crippen molar-refractivity contribution in [3.8, 4) is 0 Å². The predicted molar refractivity (Wildman–Crippen MR) is 142 cm³/mol. The summed E-state index contributed by atoms with van der Waals surface area (Å²) in [6.45, 7) is 5.78. The molecule has 4 N–H and O–H groups in total. The van der Waals surface area contributed by atoms with Gasteiger partial charge < -0.3 is 30.9 Å². The highest BCUT2D eigenvalue weighted by Crippen LogP contribution is 2.17. The number of rotatable bonds is 9. The maximum atomic E-state index is 12.6. The number of benzene rings is 1. The van der Waals surface area contributed by atoms with Gasteiger partial charge >= 0.3 is 6.03 Å². The van der Waals surface area contributed by atoms with Crippen molar-refractivity contribution >= 4 is 35.3 Å². The number of ketones is 1. The monoisotopic (exact) mass is 506 g/mol. The van der Waals surface area contributed by atoms with Gasteiger partial charge in [0, 0.05) is 43.3 Å². The molecule has 1 aromatic carbocycles. The number of carbonyl (C=O) groups excluding carboxylic acids is 3. The van der Waals surface area contributed by atoms with Gasteiger partial charge in [-0.05, 0) is 74.5 Å². The van der Waals surface area contributed by atoms with Crippen molar-refractivity contribution in [2.75, 3.05) is 62.7 Å². The summed E-state index contributed by atoms with van der Waals surface area (Å²) in [4.78, 5) is 45.1. The molecule has 2 aromatic rings. The second kappa shape index (κ2) is 13.0. The molecule has 4 rings (SSSR count). The number of urea groups is 1. The number of nitrogens with one attached hydrogen (secondary N) is 2. The van der Waals surface area contributed by atoms with Crippen LogP contribution in [0.3, 0.4) is 0 Å². The summed E-state index contributed by atoms with van der Waals surface area (Å²) in [5.74, 6) is 0.460. The molecular weight excluding hydrogens is 472 g/mol. The first-order chi connectivity index (χ1) is 18.0. The molecule has 3 heterocycles. The van der Waals surface area contributed by atoms with Crippen molar-refractivity contribution in [1.29, 1.82) is 0 Å². The van der Waals surface area contributed by atoms with Crippen molar-refractivity contribution in [3.63, 3.8) is 0 Å². The van der Waals surface area contributed by atoms with E-state index < -0.39 is 0 Å². The number of aromatic nitrogens is 1. The zero-order valence-corrected chi connectivity index (χ0v) is 20.9. The van der Waals surface area contributed by atoms with E-state index >= 15 is 0 Å². The third-order valence-corrected chi connectivity index (χ3v) is 6.63.